The average Bonchev–Trinajstić information content (AvgIpc) is 2.86. The van der Waals surface area contributed by atoms with E-state index < -0.39 is 0 Å². The molecule has 2 heterocycles. The number of fused-ring (bicyclic) bond motifs is 1. The van der Waals surface area contributed by atoms with E-state index in [2.05, 4.69) is 17.4 Å². The maximum absolute atomic E-state index is 5.35. The van der Waals surface area contributed by atoms with Crippen molar-refractivity contribution in [2.45, 2.75) is 12.5 Å². The highest BCUT2D eigenvalue weighted by Gasteiger charge is 2.18. The number of hydrogen-bond acceptors (Lipinski definition) is 2. The van der Waals surface area contributed by atoms with Gasteiger partial charge in [0.05, 0.1) is 18.2 Å². The van der Waals surface area contributed by atoms with Crippen molar-refractivity contribution < 1.29 is 4.74 Å². The summed E-state index contributed by atoms with van der Waals surface area (Å²) >= 11 is 0. The highest BCUT2D eigenvalue weighted by Crippen LogP contribution is 2.20. The van der Waals surface area contributed by atoms with E-state index in [1.807, 2.05) is 22.9 Å². The van der Waals surface area contributed by atoms with Crippen molar-refractivity contribution in [2.24, 2.45) is 0 Å². The van der Waals surface area contributed by atoms with Crippen LogP contribution in [0.2, 0.25) is 0 Å². The quantitative estimate of drug-likeness (QED) is 0.684. The Morgan fingerprint density at radius 1 is 1.36 bits per heavy atom. The second kappa shape index (κ2) is 3.10. The molecule has 72 valence electrons. The number of ether oxygens (including phenoxy) is 1. The largest absolute Gasteiger partial charge is 0.379 e. The van der Waals surface area contributed by atoms with E-state index in [-0.39, 0.29) is 0 Å². The minimum atomic E-state index is 0.433. The van der Waals surface area contributed by atoms with Crippen LogP contribution >= 0.6 is 0 Å². The molecule has 1 unspecified atom stereocenters. The van der Waals surface area contributed by atoms with E-state index >= 15 is 0 Å². The van der Waals surface area contributed by atoms with Crippen LogP contribution in [0.15, 0.2) is 30.5 Å². The van der Waals surface area contributed by atoms with Gasteiger partial charge in [-0.05, 0) is 12.5 Å². The first-order valence-corrected chi connectivity index (χ1v) is 4.95. The Morgan fingerprint density at radius 3 is 3.07 bits per heavy atom. The summed E-state index contributed by atoms with van der Waals surface area (Å²) in [5.41, 5.74) is 1.07. The first-order chi connectivity index (χ1) is 6.93. The van der Waals surface area contributed by atoms with Crippen LogP contribution in [0.3, 0.4) is 0 Å². The predicted molar refractivity (Wildman–Crippen MR) is 54.2 cm³/mol. The van der Waals surface area contributed by atoms with Crippen LogP contribution in [0.1, 0.15) is 12.5 Å². The molecule has 3 nitrogen and oxygen atoms in total. The summed E-state index contributed by atoms with van der Waals surface area (Å²) in [5.74, 6) is 0. The van der Waals surface area contributed by atoms with Crippen LogP contribution in [0.4, 0.5) is 0 Å². The standard InChI is InChI=1S/C11H12N2O/c1-2-4-11-9(3-1)7-13(12-11)10-5-6-14-8-10/h1-4,7,10H,5-6,8H2. The summed E-state index contributed by atoms with van der Waals surface area (Å²) in [6.45, 7) is 1.66. The molecule has 0 N–H and O–H groups in total. The lowest BCUT2D eigenvalue weighted by Crippen LogP contribution is -2.08. The fourth-order valence-electron chi connectivity index (χ4n) is 1.90. The minimum absolute atomic E-state index is 0.433. The summed E-state index contributed by atoms with van der Waals surface area (Å²) in [4.78, 5) is 0. The Hall–Kier alpha value is -1.35. The van der Waals surface area contributed by atoms with Crippen LogP contribution in [0.5, 0.6) is 0 Å². The number of hydrogen-bond donors (Lipinski definition) is 0. The molecule has 2 aromatic rings. The molecule has 1 aliphatic rings. The van der Waals surface area contributed by atoms with Gasteiger partial charge in [0, 0.05) is 18.2 Å². The molecular formula is C11H12N2O. The second-order valence-corrected chi connectivity index (χ2v) is 3.69. The van der Waals surface area contributed by atoms with Crippen molar-refractivity contribution >= 4 is 10.9 Å². The zero-order chi connectivity index (χ0) is 9.38. The Bertz CT molecular complexity index is 410. The molecule has 1 saturated heterocycles. The maximum atomic E-state index is 5.35. The molecule has 0 bridgehead atoms. The fraction of sp³-hybridized carbons (Fsp3) is 0.364. The predicted octanol–water partition coefficient (Wildman–Crippen LogP) is 2.00. The van der Waals surface area contributed by atoms with Gasteiger partial charge in [-0.3, -0.25) is 4.68 Å². The number of nitrogens with zero attached hydrogens (tertiary/aromatic N) is 2. The molecule has 3 heteroatoms. The van der Waals surface area contributed by atoms with E-state index in [9.17, 15) is 0 Å². The Labute approximate surface area is 82.3 Å². The molecule has 1 aromatic carbocycles. The molecule has 3 rings (SSSR count). The lowest BCUT2D eigenvalue weighted by Gasteiger charge is -2.06. The second-order valence-electron chi connectivity index (χ2n) is 3.69. The Kier molecular flexibility index (Phi) is 1.77. The SMILES string of the molecule is c1ccc2nn(C3CCOC3)cc2c1. The zero-order valence-corrected chi connectivity index (χ0v) is 7.89. The van der Waals surface area contributed by atoms with Gasteiger partial charge in [0.15, 0.2) is 0 Å². The van der Waals surface area contributed by atoms with Crippen molar-refractivity contribution in [2.75, 3.05) is 13.2 Å². The summed E-state index contributed by atoms with van der Waals surface area (Å²) < 4.78 is 7.39. The molecular weight excluding hydrogens is 176 g/mol. The molecule has 1 atom stereocenters. The number of rotatable bonds is 1. The third-order valence-corrected chi connectivity index (χ3v) is 2.71. The molecule has 0 amide bonds. The highest BCUT2D eigenvalue weighted by molar-refractivity contribution is 5.77. The number of benzene rings is 1. The first kappa shape index (κ1) is 8.00. The Morgan fingerprint density at radius 2 is 2.29 bits per heavy atom. The molecule has 1 fully saturated rings. The Balaban J connectivity index is 2.05. The van der Waals surface area contributed by atoms with Gasteiger partial charge >= 0.3 is 0 Å². The summed E-state index contributed by atoms with van der Waals surface area (Å²) in [7, 11) is 0. The molecule has 0 saturated carbocycles. The van der Waals surface area contributed by atoms with E-state index in [1.165, 1.54) is 5.39 Å². The minimum Gasteiger partial charge on any atom is -0.379 e. The van der Waals surface area contributed by atoms with Crippen molar-refractivity contribution in [3.63, 3.8) is 0 Å². The summed E-state index contributed by atoms with van der Waals surface area (Å²) in [6, 6.07) is 8.63. The normalized spacial score (nSPS) is 21.9. The molecule has 0 spiro atoms. The van der Waals surface area contributed by atoms with Crippen LogP contribution in [-0.2, 0) is 4.74 Å². The van der Waals surface area contributed by atoms with Gasteiger partial charge in [0.25, 0.3) is 0 Å². The van der Waals surface area contributed by atoms with Gasteiger partial charge in [-0.25, -0.2) is 0 Å². The average molecular weight is 188 g/mol. The maximum Gasteiger partial charge on any atom is 0.0923 e. The smallest absolute Gasteiger partial charge is 0.0923 e. The first-order valence-electron chi connectivity index (χ1n) is 4.95. The molecule has 0 radical (unpaired) electrons. The van der Waals surface area contributed by atoms with Crippen molar-refractivity contribution in [3.8, 4) is 0 Å². The topological polar surface area (TPSA) is 27.1 Å². The van der Waals surface area contributed by atoms with Crippen molar-refractivity contribution in [3.05, 3.63) is 30.5 Å². The van der Waals surface area contributed by atoms with Gasteiger partial charge in [0.2, 0.25) is 0 Å². The van der Waals surface area contributed by atoms with E-state index in [1.54, 1.807) is 0 Å². The van der Waals surface area contributed by atoms with Crippen LogP contribution in [0, 0.1) is 0 Å². The van der Waals surface area contributed by atoms with E-state index in [0.29, 0.717) is 6.04 Å². The number of aromatic nitrogens is 2. The van der Waals surface area contributed by atoms with Gasteiger partial charge in [-0.1, -0.05) is 18.2 Å². The lowest BCUT2D eigenvalue weighted by molar-refractivity contribution is 0.184. The van der Waals surface area contributed by atoms with Crippen LogP contribution in [-0.4, -0.2) is 23.0 Å². The highest BCUT2D eigenvalue weighted by atomic mass is 16.5. The summed E-state index contributed by atoms with van der Waals surface area (Å²) in [5, 5.41) is 5.74. The monoisotopic (exact) mass is 188 g/mol. The van der Waals surface area contributed by atoms with Crippen LogP contribution < -0.4 is 0 Å². The molecule has 14 heavy (non-hydrogen) atoms. The zero-order valence-electron chi connectivity index (χ0n) is 7.89. The molecule has 1 aliphatic heterocycles. The molecule has 1 aromatic heterocycles. The van der Waals surface area contributed by atoms with E-state index in [0.717, 1.165) is 25.2 Å². The summed E-state index contributed by atoms with van der Waals surface area (Å²) in [6.07, 6.45) is 3.18. The van der Waals surface area contributed by atoms with Gasteiger partial charge in [0.1, 0.15) is 0 Å². The third-order valence-electron chi connectivity index (χ3n) is 2.71. The molecule has 0 aliphatic carbocycles. The van der Waals surface area contributed by atoms with Gasteiger partial charge in [-0.15, -0.1) is 0 Å². The fourth-order valence-corrected chi connectivity index (χ4v) is 1.90. The van der Waals surface area contributed by atoms with Crippen LogP contribution in [0.25, 0.3) is 10.9 Å². The van der Waals surface area contributed by atoms with Crippen molar-refractivity contribution in [1.29, 1.82) is 0 Å². The van der Waals surface area contributed by atoms with Crippen molar-refractivity contribution in [1.82, 2.24) is 9.78 Å². The van der Waals surface area contributed by atoms with Gasteiger partial charge < -0.3 is 4.74 Å². The third kappa shape index (κ3) is 1.21. The lowest BCUT2D eigenvalue weighted by atomic mass is 10.2. The van der Waals surface area contributed by atoms with Gasteiger partial charge in [-0.2, -0.15) is 5.10 Å². The van der Waals surface area contributed by atoms with E-state index in [4.69, 9.17) is 4.74 Å².